The lowest BCUT2D eigenvalue weighted by Gasteiger charge is -2.31. The predicted molar refractivity (Wildman–Crippen MR) is 75.5 cm³/mol. The summed E-state index contributed by atoms with van der Waals surface area (Å²) >= 11 is 0. The summed E-state index contributed by atoms with van der Waals surface area (Å²) in [4.78, 5) is 13.2. The molecule has 0 aromatic heterocycles. The lowest BCUT2D eigenvalue weighted by molar-refractivity contribution is -0.384. The van der Waals surface area contributed by atoms with E-state index >= 15 is 0 Å². The molecule has 1 saturated carbocycles. The van der Waals surface area contributed by atoms with Crippen LogP contribution >= 0.6 is 0 Å². The number of nitro groups is 1. The molecular weight excluding hydrogens is 240 g/mol. The van der Waals surface area contributed by atoms with Gasteiger partial charge in [-0.25, -0.2) is 0 Å². The number of hydrogen-bond donors (Lipinski definition) is 0. The number of benzene rings is 1. The fraction of sp³-hybridized carbons (Fsp3) is 0.600. The van der Waals surface area contributed by atoms with E-state index in [1.165, 1.54) is 25.7 Å². The number of nitro benzene ring substituents is 1. The van der Waals surface area contributed by atoms with Gasteiger partial charge in [0, 0.05) is 19.2 Å². The summed E-state index contributed by atoms with van der Waals surface area (Å²) in [5.74, 6) is 1.61. The smallest absolute Gasteiger partial charge is 0.292 e. The van der Waals surface area contributed by atoms with Crippen molar-refractivity contribution in [2.24, 2.45) is 11.8 Å². The molecule has 1 aromatic carbocycles. The minimum atomic E-state index is -0.251. The van der Waals surface area contributed by atoms with Crippen molar-refractivity contribution < 1.29 is 4.92 Å². The summed E-state index contributed by atoms with van der Waals surface area (Å²) in [5.41, 5.74) is 2.12. The zero-order chi connectivity index (χ0) is 13.4. The average Bonchev–Trinajstić information content (AvgIpc) is 2.75. The van der Waals surface area contributed by atoms with Gasteiger partial charge in [0.15, 0.2) is 0 Å². The van der Waals surface area contributed by atoms with Crippen LogP contribution in [-0.2, 0) is 0 Å². The van der Waals surface area contributed by atoms with E-state index in [-0.39, 0.29) is 10.6 Å². The van der Waals surface area contributed by atoms with Gasteiger partial charge in [0.1, 0.15) is 5.69 Å². The van der Waals surface area contributed by atoms with Crippen molar-refractivity contribution in [1.82, 2.24) is 0 Å². The van der Waals surface area contributed by atoms with Gasteiger partial charge >= 0.3 is 0 Å². The minimum Gasteiger partial charge on any atom is -0.365 e. The summed E-state index contributed by atoms with van der Waals surface area (Å²) < 4.78 is 0. The Hall–Kier alpha value is -1.58. The third-order valence-electron chi connectivity index (χ3n) is 4.77. The number of para-hydroxylation sites is 1. The molecule has 1 aliphatic carbocycles. The van der Waals surface area contributed by atoms with Gasteiger partial charge in [0.25, 0.3) is 5.69 Å². The number of hydrogen-bond acceptors (Lipinski definition) is 3. The lowest BCUT2D eigenvalue weighted by Crippen LogP contribution is -2.27. The van der Waals surface area contributed by atoms with E-state index in [2.05, 4.69) is 4.90 Å². The molecule has 1 atom stereocenters. The largest absolute Gasteiger partial charge is 0.365 e. The highest BCUT2D eigenvalue weighted by Crippen LogP contribution is 2.41. The Balaban J connectivity index is 1.84. The summed E-state index contributed by atoms with van der Waals surface area (Å²) in [5, 5.41) is 11.2. The van der Waals surface area contributed by atoms with Crippen LogP contribution in [0.2, 0.25) is 0 Å². The van der Waals surface area contributed by atoms with Gasteiger partial charge in [-0.05, 0) is 30.7 Å². The molecule has 4 nitrogen and oxygen atoms in total. The Bertz CT molecular complexity index is 497. The van der Waals surface area contributed by atoms with Crippen molar-refractivity contribution in [2.75, 3.05) is 18.0 Å². The van der Waals surface area contributed by atoms with Crippen LogP contribution in [0, 0.1) is 28.9 Å². The first kappa shape index (κ1) is 12.5. The monoisotopic (exact) mass is 260 g/mol. The number of aryl methyl sites for hydroxylation is 1. The van der Waals surface area contributed by atoms with Crippen molar-refractivity contribution in [2.45, 2.75) is 32.6 Å². The zero-order valence-electron chi connectivity index (χ0n) is 11.3. The third-order valence-corrected chi connectivity index (χ3v) is 4.77. The normalized spacial score (nSPS) is 23.4. The Morgan fingerprint density at radius 1 is 1.26 bits per heavy atom. The maximum Gasteiger partial charge on any atom is 0.292 e. The standard InChI is InChI=1S/C15H20N2O2/c1-11-4-2-7-14(17(18)19)15(11)16-9-8-13(10-16)12-5-3-6-12/h2,4,7,12-13H,3,5-6,8-10H2,1H3. The Labute approximate surface area is 113 Å². The van der Waals surface area contributed by atoms with E-state index in [0.717, 1.165) is 36.2 Å². The first-order valence-corrected chi connectivity index (χ1v) is 7.16. The molecule has 0 radical (unpaired) electrons. The minimum absolute atomic E-state index is 0.251. The second kappa shape index (κ2) is 4.83. The molecule has 0 bridgehead atoms. The van der Waals surface area contributed by atoms with Crippen molar-refractivity contribution in [3.05, 3.63) is 33.9 Å². The molecule has 0 N–H and O–H groups in total. The molecule has 0 spiro atoms. The van der Waals surface area contributed by atoms with E-state index in [1.807, 2.05) is 13.0 Å². The molecule has 1 unspecified atom stereocenters. The highest BCUT2D eigenvalue weighted by Gasteiger charge is 2.35. The highest BCUT2D eigenvalue weighted by atomic mass is 16.6. The van der Waals surface area contributed by atoms with Crippen molar-refractivity contribution in [3.63, 3.8) is 0 Å². The molecule has 3 rings (SSSR count). The topological polar surface area (TPSA) is 46.4 Å². The van der Waals surface area contributed by atoms with E-state index in [9.17, 15) is 10.1 Å². The number of anilines is 1. The first-order chi connectivity index (χ1) is 9.16. The maximum atomic E-state index is 11.2. The van der Waals surface area contributed by atoms with Crippen molar-refractivity contribution >= 4 is 11.4 Å². The quantitative estimate of drug-likeness (QED) is 0.617. The highest BCUT2D eigenvalue weighted by molar-refractivity contribution is 5.68. The van der Waals surface area contributed by atoms with Gasteiger partial charge in [0.05, 0.1) is 4.92 Å². The summed E-state index contributed by atoms with van der Waals surface area (Å²) in [6.45, 7) is 3.93. The summed E-state index contributed by atoms with van der Waals surface area (Å²) in [7, 11) is 0. The molecule has 1 heterocycles. The first-order valence-electron chi connectivity index (χ1n) is 7.16. The molecule has 4 heteroatoms. The zero-order valence-corrected chi connectivity index (χ0v) is 11.3. The van der Waals surface area contributed by atoms with Crippen LogP contribution in [0.5, 0.6) is 0 Å². The van der Waals surface area contributed by atoms with Gasteiger partial charge < -0.3 is 4.90 Å². The van der Waals surface area contributed by atoms with Crippen LogP contribution in [-0.4, -0.2) is 18.0 Å². The lowest BCUT2D eigenvalue weighted by atomic mass is 9.75. The Morgan fingerprint density at radius 2 is 2.05 bits per heavy atom. The second-order valence-electron chi connectivity index (χ2n) is 5.89. The Kier molecular flexibility index (Phi) is 3.17. The molecule has 0 amide bonds. The van der Waals surface area contributed by atoms with Gasteiger partial charge in [-0.15, -0.1) is 0 Å². The van der Waals surface area contributed by atoms with E-state index in [0.29, 0.717) is 0 Å². The van der Waals surface area contributed by atoms with E-state index < -0.39 is 0 Å². The van der Waals surface area contributed by atoms with Crippen LogP contribution in [0.3, 0.4) is 0 Å². The Morgan fingerprint density at radius 3 is 2.68 bits per heavy atom. The van der Waals surface area contributed by atoms with Crippen LogP contribution in [0.4, 0.5) is 11.4 Å². The third kappa shape index (κ3) is 2.20. The van der Waals surface area contributed by atoms with Gasteiger partial charge in [-0.3, -0.25) is 10.1 Å². The van der Waals surface area contributed by atoms with Crippen LogP contribution in [0.25, 0.3) is 0 Å². The number of rotatable bonds is 3. The van der Waals surface area contributed by atoms with E-state index in [1.54, 1.807) is 12.1 Å². The molecule has 102 valence electrons. The fourth-order valence-corrected chi connectivity index (χ4v) is 3.49. The molecular formula is C15H20N2O2. The molecule has 2 fully saturated rings. The molecule has 2 aliphatic rings. The van der Waals surface area contributed by atoms with Crippen LogP contribution in [0.1, 0.15) is 31.2 Å². The van der Waals surface area contributed by atoms with Crippen molar-refractivity contribution in [3.8, 4) is 0 Å². The summed E-state index contributed by atoms with van der Waals surface area (Å²) in [6.07, 6.45) is 5.27. The van der Waals surface area contributed by atoms with Gasteiger partial charge in [-0.2, -0.15) is 0 Å². The van der Waals surface area contributed by atoms with Gasteiger partial charge in [0.2, 0.25) is 0 Å². The average molecular weight is 260 g/mol. The predicted octanol–water partition coefficient (Wildman–Crippen LogP) is 3.53. The fourth-order valence-electron chi connectivity index (χ4n) is 3.49. The SMILES string of the molecule is Cc1cccc([N+](=O)[O-])c1N1CCC(C2CCC2)C1. The molecule has 1 aromatic rings. The maximum absolute atomic E-state index is 11.2. The summed E-state index contributed by atoms with van der Waals surface area (Å²) in [6, 6.07) is 5.37. The molecule has 1 saturated heterocycles. The number of nitrogens with zero attached hydrogens (tertiary/aromatic N) is 2. The van der Waals surface area contributed by atoms with Crippen LogP contribution in [0.15, 0.2) is 18.2 Å². The molecule has 19 heavy (non-hydrogen) atoms. The molecule has 1 aliphatic heterocycles. The van der Waals surface area contributed by atoms with Crippen molar-refractivity contribution in [1.29, 1.82) is 0 Å². The second-order valence-corrected chi connectivity index (χ2v) is 5.89. The van der Waals surface area contributed by atoms with Crippen LogP contribution < -0.4 is 4.90 Å². The van der Waals surface area contributed by atoms with Gasteiger partial charge in [-0.1, -0.05) is 31.4 Å². The van der Waals surface area contributed by atoms with E-state index in [4.69, 9.17) is 0 Å².